The van der Waals surface area contributed by atoms with Crippen molar-refractivity contribution in [2.24, 2.45) is 0 Å². The molecule has 4 nitrogen and oxygen atoms in total. The summed E-state index contributed by atoms with van der Waals surface area (Å²) >= 11 is 0. The minimum absolute atomic E-state index is 0.313. The Morgan fingerprint density at radius 2 is 2.06 bits per heavy atom. The lowest BCUT2D eigenvalue weighted by atomic mass is 10.1. The number of rotatable bonds is 5. The number of hydrogen-bond acceptors (Lipinski definition) is 4. The maximum atomic E-state index is 10.00. The Hall–Kier alpha value is -1.26. The Morgan fingerprint density at radius 3 is 2.83 bits per heavy atom. The first-order chi connectivity index (χ1) is 8.81. The van der Waals surface area contributed by atoms with E-state index >= 15 is 0 Å². The van der Waals surface area contributed by atoms with E-state index in [0.29, 0.717) is 32.2 Å². The second-order valence-electron chi connectivity index (χ2n) is 4.35. The highest BCUT2D eigenvalue weighted by Gasteiger charge is 2.14. The molecular weight excluding hydrogens is 232 g/mol. The molecule has 1 N–H and O–H groups in total. The molecule has 0 aromatic heterocycles. The van der Waals surface area contributed by atoms with Crippen molar-refractivity contribution in [2.45, 2.75) is 25.9 Å². The van der Waals surface area contributed by atoms with Gasteiger partial charge in [0.1, 0.15) is 6.10 Å². The summed E-state index contributed by atoms with van der Waals surface area (Å²) in [4.78, 5) is 0. The van der Waals surface area contributed by atoms with Gasteiger partial charge in [-0.05, 0) is 24.1 Å². The van der Waals surface area contributed by atoms with Gasteiger partial charge in [0.2, 0.25) is 0 Å². The summed E-state index contributed by atoms with van der Waals surface area (Å²) in [7, 11) is 0. The lowest BCUT2D eigenvalue weighted by Gasteiger charge is -2.14. The zero-order valence-electron chi connectivity index (χ0n) is 10.7. The Bertz CT molecular complexity index is 378. The van der Waals surface area contributed by atoms with Crippen molar-refractivity contribution in [3.63, 3.8) is 0 Å². The first-order valence-electron chi connectivity index (χ1n) is 6.46. The van der Waals surface area contributed by atoms with Gasteiger partial charge in [0, 0.05) is 13.0 Å². The van der Waals surface area contributed by atoms with Crippen LogP contribution in [0, 0.1) is 0 Å². The molecule has 1 aromatic rings. The van der Waals surface area contributed by atoms with Gasteiger partial charge in [-0.2, -0.15) is 0 Å². The number of hydrogen-bond donors (Lipinski definition) is 1. The number of benzene rings is 1. The van der Waals surface area contributed by atoms with Gasteiger partial charge in [0.15, 0.2) is 11.5 Å². The van der Waals surface area contributed by atoms with Crippen LogP contribution in [0.1, 0.15) is 31.4 Å². The fourth-order valence-corrected chi connectivity index (χ4v) is 1.82. The molecule has 2 rings (SSSR count). The highest BCUT2D eigenvalue weighted by molar-refractivity contribution is 5.44. The van der Waals surface area contributed by atoms with Crippen molar-refractivity contribution in [2.75, 3.05) is 26.4 Å². The normalized spacial score (nSPS) is 16.1. The standard InChI is InChI=1S/C14H20O4/c1-2-6-16-10-12(15)11-4-5-13-14(9-11)18-8-3-7-17-13/h4-5,9,12,15H,2-3,6-8,10H2,1H3. The minimum atomic E-state index is -0.617. The first-order valence-corrected chi connectivity index (χ1v) is 6.46. The van der Waals surface area contributed by atoms with Gasteiger partial charge in [-0.25, -0.2) is 0 Å². The summed E-state index contributed by atoms with van der Waals surface area (Å²) in [6.07, 6.45) is 1.22. The van der Waals surface area contributed by atoms with Crippen molar-refractivity contribution in [3.8, 4) is 11.5 Å². The average Bonchev–Trinajstić information content (AvgIpc) is 2.63. The Kier molecular flexibility index (Phi) is 4.84. The van der Waals surface area contributed by atoms with Crippen LogP contribution >= 0.6 is 0 Å². The van der Waals surface area contributed by atoms with Crippen LogP contribution in [-0.2, 0) is 4.74 Å². The molecule has 18 heavy (non-hydrogen) atoms. The summed E-state index contributed by atoms with van der Waals surface area (Å²) in [5.74, 6) is 1.46. The molecule has 0 saturated heterocycles. The molecular formula is C14H20O4. The maximum Gasteiger partial charge on any atom is 0.161 e. The van der Waals surface area contributed by atoms with Gasteiger partial charge in [-0.1, -0.05) is 13.0 Å². The van der Waals surface area contributed by atoms with E-state index in [9.17, 15) is 5.11 Å². The topological polar surface area (TPSA) is 47.9 Å². The molecule has 100 valence electrons. The van der Waals surface area contributed by atoms with Gasteiger partial charge in [-0.3, -0.25) is 0 Å². The number of aliphatic hydroxyl groups is 1. The van der Waals surface area contributed by atoms with E-state index in [4.69, 9.17) is 14.2 Å². The molecule has 0 saturated carbocycles. The molecule has 1 aliphatic heterocycles. The Morgan fingerprint density at radius 1 is 1.28 bits per heavy atom. The first kappa shape index (κ1) is 13.2. The maximum absolute atomic E-state index is 10.00. The van der Waals surface area contributed by atoms with Gasteiger partial charge in [0.25, 0.3) is 0 Å². The van der Waals surface area contributed by atoms with E-state index in [-0.39, 0.29) is 0 Å². The lowest BCUT2D eigenvalue weighted by molar-refractivity contribution is 0.0362. The highest BCUT2D eigenvalue weighted by Crippen LogP contribution is 2.32. The van der Waals surface area contributed by atoms with E-state index in [1.807, 2.05) is 25.1 Å². The Labute approximate surface area is 107 Å². The van der Waals surface area contributed by atoms with Crippen LogP contribution in [0.15, 0.2) is 18.2 Å². The number of aliphatic hydroxyl groups excluding tert-OH is 1. The molecule has 1 atom stereocenters. The van der Waals surface area contributed by atoms with Gasteiger partial charge in [0.05, 0.1) is 19.8 Å². The van der Waals surface area contributed by atoms with Crippen LogP contribution in [0.3, 0.4) is 0 Å². The van der Waals surface area contributed by atoms with Crippen molar-refractivity contribution >= 4 is 0 Å². The summed E-state index contributed by atoms with van der Waals surface area (Å²) in [6.45, 7) is 4.35. The summed E-state index contributed by atoms with van der Waals surface area (Å²) in [5.41, 5.74) is 0.801. The fraction of sp³-hybridized carbons (Fsp3) is 0.571. The van der Waals surface area contributed by atoms with E-state index < -0.39 is 6.10 Å². The third-order valence-corrected chi connectivity index (χ3v) is 2.78. The molecule has 0 radical (unpaired) electrons. The van der Waals surface area contributed by atoms with Crippen molar-refractivity contribution in [1.82, 2.24) is 0 Å². The van der Waals surface area contributed by atoms with E-state index in [1.54, 1.807) is 0 Å². The third-order valence-electron chi connectivity index (χ3n) is 2.78. The van der Waals surface area contributed by atoms with Crippen molar-refractivity contribution < 1.29 is 19.3 Å². The SMILES string of the molecule is CCCOCC(O)c1ccc2c(c1)OCCCO2. The zero-order valence-corrected chi connectivity index (χ0v) is 10.7. The highest BCUT2D eigenvalue weighted by atomic mass is 16.5. The molecule has 0 spiro atoms. The Balaban J connectivity index is 2.02. The van der Waals surface area contributed by atoms with Crippen molar-refractivity contribution in [1.29, 1.82) is 0 Å². The minimum Gasteiger partial charge on any atom is -0.490 e. The third kappa shape index (κ3) is 3.37. The van der Waals surface area contributed by atoms with Gasteiger partial charge >= 0.3 is 0 Å². The van der Waals surface area contributed by atoms with Crippen LogP contribution < -0.4 is 9.47 Å². The van der Waals surface area contributed by atoms with Crippen LogP contribution in [0.2, 0.25) is 0 Å². The molecule has 1 unspecified atom stereocenters. The number of ether oxygens (including phenoxy) is 3. The second kappa shape index (κ2) is 6.61. The molecule has 0 bridgehead atoms. The van der Waals surface area contributed by atoms with E-state index in [0.717, 1.165) is 24.2 Å². The van der Waals surface area contributed by atoms with Crippen molar-refractivity contribution in [3.05, 3.63) is 23.8 Å². The monoisotopic (exact) mass is 252 g/mol. The summed E-state index contributed by atoms with van der Waals surface area (Å²) < 4.78 is 16.5. The fourth-order valence-electron chi connectivity index (χ4n) is 1.82. The largest absolute Gasteiger partial charge is 0.490 e. The molecule has 1 aromatic carbocycles. The van der Waals surface area contributed by atoms with E-state index in [1.165, 1.54) is 0 Å². The summed E-state index contributed by atoms with van der Waals surface area (Å²) in [6, 6.07) is 5.53. The molecule has 1 aliphatic rings. The van der Waals surface area contributed by atoms with Gasteiger partial charge in [-0.15, -0.1) is 0 Å². The van der Waals surface area contributed by atoms with Crippen LogP contribution in [0.5, 0.6) is 11.5 Å². The molecule has 0 fully saturated rings. The summed E-state index contributed by atoms with van der Waals surface area (Å²) in [5, 5.41) is 10.00. The van der Waals surface area contributed by atoms with E-state index in [2.05, 4.69) is 0 Å². The molecule has 0 amide bonds. The molecule has 0 aliphatic carbocycles. The van der Waals surface area contributed by atoms with Crippen LogP contribution in [0.25, 0.3) is 0 Å². The predicted octanol–water partition coefficient (Wildman–Crippen LogP) is 2.31. The smallest absolute Gasteiger partial charge is 0.161 e. The number of fused-ring (bicyclic) bond motifs is 1. The predicted molar refractivity (Wildman–Crippen MR) is 68.1 cm³/mol. The molecule has 4 heteroatoms. The van der Waals surface area contributed by atoms with Crippen LogP contribution in [-0.4, -0.2) is 31.5 Å². The second-order valence-corrected chi connectivity index (χ2v) is 4.35. The molecule has 1 heterocycles. The quantitative estimate of drug-likeness (QED) is 0.817. The van der Waals surface area contributed by atoms with Gasteiger partial charge < -0.3 is 19.3 Å². The lowest BCUT2D eigenvalue weighted by Crippen LogP contribution is -2.08. The van der Waals surface area contributed by atoms with Crippen LogP contribution in [0.4, 0.5) is 0 Å². The zero-order chi connectivity index (χ0) is 12.8. The average molecular weight is 252 g/mol.